The number of rotatable bonds is 5. The standard InChI is InChI=1S/C23H20F5N5O2.ClH/c24-15-2-1-3-16(25)19(15)20-14(23(26,27)28)8-9-17(32-20)21(34)33-18-10-30-11-31-22(18)35-13-6-4-12(29)5-7-13;/h1-3,8-13H,4-7,29H2,(H,33,34);1H/t12-,13-;. The number of nitrogens with two attached hydrogens (primary N) is 1. The minimum Gasteiger partial charge on any atom is -0.473 e. The number of halogens is 6. The maximum atomic E-state index is 14.3. The third-order valence-electron chi connectivity index (χ3n) is 5.55. The smallest absolute Gasteiger partial charge is 0.418 e. The van der Waals surface area contributed by atoms with Crippen LogP contribution < -0.4 is 15.8 Å². The Balaban J connectivity index is 0.00000361. The van der Waals surface area contributed by atoms with Gasteiger partial charge < -0.3 is 15.8 Å². The summed E-state index contributed by atoms with van der Waals surface area (Å²) in [5, 5.41) is 2.45. The number of pyridine rings is 1. The Bertz CT molecular complexity index is 1220. The van der Waals surface area contributed by atoms with E-state index in [4.69, 9.17) is 10.5 Å². The molecule has 3 aromatic rings. The third-order valence-corrected chi connectivity index (χ3v) is 5.55. The lowest BCUT2D eigenvalue weighted by Gasteiger charge is -2.26. The van der Waals surface area contributed by atoms with Gasteiger partial charge in [-0.15, -0.1) is 12.4 Å². The Labute approximate surface area is 208 Å². The van der Waals surface area contributed by atoms with E-state index in [0.29, 0.717) is 18.9 Å². The van der Waals surface area contributed by atoms with E-state index in [1.165, 1.54) is 12.5 Å². The fourth-order valence-corrected chi connectivity index (χ4v) is 3.78. The van der Waals surface area contributed by atoms with E-state index >= 15 is 0 Å². The zero-order valence-electron chi connectivity index (χ0n) is 18.6. The first-order valence-corrected chi connectivity index (χ1v) is 10.7. The molecule has 0 spiro atoms. The highest BCUT2D eigenvalue weighted by molar-refractivity contribution is 6.03. The summed E-state index contributed by atoms with van der Waals surface area (Å²) in [6.07, 6.45) is 0.242. The van der Waals surface area contributed by atoms with Crippen LogP contribution in [0.4, 0.5) is 27.6 Å². The molecule has 1 aliphatic carbocycles. The van der Waals surface area contributed by atoms with Crippen LogP contribution in [0.3, 0.4) is 0 Å². The molecule has 0 radical (unpaired) electrons. The maximum Gasteiger partial charge on any atom is 0.418 e. The van der Waals surface area contributed by atoms with Gasteiger partial charge in [0.15, 0.2) is 0 Å². The van der Waals surface area contributed by atoms with Crippen molar-refractivity contribution in [3.05, 3.63) is 65.7 Å². The van der Waals surface area contributed by atoms with Gasteiger partial charge in [0.25, 0.3) is 5.91 Å². The first kappa shape index (κ1) is 27.2. The van der Waals surface area contributed by atoms with Gasteiger partial charge in [-0.05, 0) is 49.9 Å². The van der Waals surface area contributed by atoms with Gasteiger partial charge in [0.1, 0.15) is 35.4 Å². The molecule has 0 bridgehead atoms. The van der Waals surface area contributed by atoms with Crippen LogP contribution in [0.15, 0.2) is 42.9 Å². The molecule has 192 valence electrons. The third kappa shape index (κ3) is 6.05. The van der Waals surface area contributed by atoms with Gasteiger partial charge in [0.05, 0.1) is 23.0 Å². The SMILES string of the molecule is Cl.N[C@H]1CC[C@H](Oc2ncncc2NC(=O)c2ccc(C(F)(F)F)c(-c3c(F)cccc3F)n2)CC1. The number of nitrogens with zero attached hydrogens (tertiary/aromatic N) is 3. The summed E-state index contributed by atoms with van der Waals surface area (Å²) >= 11 is 0. The van der Waals surface area contributed by atoms with E-state index in [9.17, 15) is 26.7 Å². The molecule has 0 aliphatic heterocycles. The van der Waals surface area contributed by atoms with Crippen molar-refractivity contribution in [3.8, 4) is 17.1 Å². The zero-order valence-corrected chi connectivity index (χ0v) is 19.4. The normalized spacial score (nSPS) is 17.7. The molecule has 1 aromatic carbocycles. The molecule has 2 aromatic heterocycles. The average molecular weight is 530 g/mol. The highest BCUT2D eigenvalue weighted by Gasteiger charge is 2.36. The van der Waals surface area contributed by atoms with Gasteiger partial charge >= 0.3 is 6.18 Å². The van der Waals surface area contributed by atoms with Crippen LogP contribution >= 0.6 is 12.4 Å². The van der Waals surface area contributed by atoms with Crippen LogP contribution in [0.5, 0.6) is 5.88 Å². The second-order valence-corrected chi connectivity index (χ2v) is 8.04. The Morgan fingerprint density at radius 3 is 2.36 bits per heavy atom. The van der Waals surface area contributed by atoms with Crippen molar-refractivity contribution in [2.75, 3.05) is 5.32 Å². The summed E-state index contributed by atoms with van der Waals surface area (Å²) in [6.45, 7) is 0. The minimum atomic E-state index is -4.97. The quantitative estimate of drug-likeness (QED) is 0.443. The molecule has 0 saturated heterocycles. The van der Waals surface area contributed by atoms with E-state index in [1.807, 2.05) is 0 Å². The van der Waals surface area contributed by atoms with Gasteiger partial charge in [-0.2, -0.15) is 18.2 Å². The van der Waals surface area contributed by atoms with E-state index in [-0.39, 0.29) is 36.1 Å². The topological polar surface area (TPSA) is 103 Å². The first-order chi connectivity index (χ1) is 16.6. The summed E-state index contributed by atoms with van der Waals surface area (Å²) in [5.74, 6) is -3.37. The summed E-state index contributed by atoms with van der Waals surface area (Å²) in [5.41, 5.74) is 2.04. The number of hydrogen-bond acceptors (Lipinski definition) is 6. The van der Waals surface area contributed by atoms with Crippen LogP contribution in [-0.4, -0.2) is 33.0 Å². The van der Waals surface area contributed by atoms with E-state index < -0.39 is 46.2 Å². The number of carbonyl (C=O) groups is 1. The minimum absolute atomic E-state index is 0. The Kier molecular flexibility index (Phi) is 8.41. The molecule has 0 atom stereocenters. The molecule has 7 nitrogen and oxygen atoms in total. The Hall–Kier alpha value is -3.38. The van der Waals surface area contributed by atoms with Crippen molar-refractivity contribution >= 4 is 24.0 Å². The lowest BCUT2D eigenvalue weighted by Crippen LogP contribution is -2.32. The summed E-state index contributed by atoms with van der Waals surface area (Å²) in [4.78, 5) is 24.4. The lowest BCUT2D eigenvalue weighted by atomic mass is 9.94. The number of alkyl halides is 3. The molecule has 36 heavy (non-hydrogen) atoms. The first-order valence-electron chi connectivity index (χ1n) is 10.7. The van der Waals surface area contributed by atoms with Crippen LogP contribution in [-0.2, 0) is 6.18 Å². The molecule has 13 heteroatoms. The molecule has 1 aliphatic rings. The van der Waals surface area contributed by atoms with E-state index in [0.717, 1.165) is 37.1 Å². The Morgan fingerprint density at radius 2 is 1.72 bits per heavy atom. The van der Waals surface area contributed by atoms with Crippen LogP contribution in [0.2, 0.25) is 0 Å². The van der Waals surface area contributed by atoms with Gasteiger partial charge in [-0.1, -0.05) is 6.07 Å². The number of hydrogen-bond donors (Lipinski definition) is 2. The number of amides is 1. The summed E-state index contributed by atoms with van der Waals surface area (Å²) in [6, 6.07) is 4.07. The second kappa shape index (κ2) is 11.1. The summed E-state index contributed by atoms with van der Waals surface area (Å²) < 4.78 is 75.1. The number of benzene rings is 1. The molecule has 2 heterocycles. The number of carbonyl (C=O) groups excluding carboxylic acids is 1. The highest BCUT2D eigenvalue weighted by Crippen LogP contribution is 2.38. The van der Waals surface area contributed by atoms with Gasteiger partial charge in [0, 0.05) is 6.04 Å². The Morgan fingerprint density at radius 1 is 1.06 bits per heavy atom. The molecule has 3 N–H and O–H groups in total. The molecule has 1 saturated carbocycles. The zero-order chi connectivity index (χ0) is 25.2. The van der Waals surface area contributed by atoms with Crippen molar-refractivity contribution in [3.63, 3.8) is 0 Å². The van der Waals surface area contributed by atoms with Crippen molar-refractivity contribution in [1.29, 1.82) is 0 Å². The fourth-order valence-electron chi connectivity index (χ4n) is 3.78. The van der Waals surface area contributed by atoms with Gasteiger partial charge in [0.2, 0.25) is 5.88 Å². The fraction of sp³-hybridized carbons (Fsp3) is 0.304. The number of ether oxygens (including phenoxy) is 1. The van der Waals surface area contributed by atoms with Crippen molar-refractivity contribution < 1.29 is 31.5 Å². The average Bonchev–Trinajstić information content (AvgIpc) is 2.81. The monoisotopic (exact) mass is 529 g/mol. The van der Waals surface area contributed by atoms with Crippen molar-refractivity contribution in [2.24, 2.45) is 5.73 Å². The van der Waals surface area contributed by atoms with Crippen LogP contribution in [0.25, 0.3) is 11.3 Å². The second-order valence-electron chi connectivity index (χ2n) is 8.04. The highest BCUT2D eigenvalue weighted by atomic mass is 35.5. The maximum absolute atomic E-state index is 14.3. The number of anilines is 1. The van der Waals surface area contributed by atoms with Crippen LogP contribution in [0, 0.1) is 11.6 Å². The van der Waals surface area contributed by atoms with Gasteiger partial charge in [-0.3, -0.25) is 4.79 Å². The van der Waals surface area contributed by atoms with Gasteiger partial charge in [-0.25, -0.2) is 18.7 Å². The molecule has 1 fully saturated rings. The van der Waals surface area contributed by atoms with E-state index in [2.05, 4.69) is 20.3 Å². The largest absolute Gasteiger partial charge is 0.473 e. The molecular formula is C23H21ClF5N5O2. The molecule has 4 rings (SSSR count). The number of aromatic nitrogens is 3. The summed E-state index contributed by atoms with van der Waals surface area (Å²) in [7, 11) is 0. The predicted octanol–water partition coefficient (Wildman–Crippen LogP) is 5.16. The van der Waals surface area contributed by atoms with Crippen molar-refractivity contribution in [2.45, 2.75) is 44.0 Å². The van der Waals surface area contributed by atoms with Crippen molar-refractivity contribution in [1.82, 2.24) is 15.0 Å². The molecule has 1 amide bonds. The van der Waals surface area contributed by atoms with Crippen LogP contribution in [0.1, 0.15) is 41.7 Å². The predicted molar refractivity (Wildman–Crippen MR) is 123 cm³/mol. The van der Waals surface area contributed by atoms with E-state index in [1.54, 1.807) is 0 Å². The molecule has 0 unspecified atom stereocenters. The number of nitrogens with one attached hydrogen (secondary N) is 1. The molecular weight excluding hydrogens is 509 g/mol. The lowest BCUT2D eigenvalue weighted by molar-refractivity contribution is -0.137.